The molecule has 0 atom stereocenters. The van der Waals surface area contributed by atoms with Crippen molar-refractivity contribution in [2.24, 2.45) is 0 Å². The summed E-state index contributed by atoms with van der Waals surface area (Å²) in [5.41, 5.74) is -0.267. The number of rotatable bonds is 7. The highest BCUT2D eigenvalue weighted by molar-refractivity contribution is 6.30. The predicted octanol–water partition coefficient (Wildman–Crippen LogP) is 2.87. The third kappa shape index (κ3) is 5.93. The van der Waals surface area contributed by atoms with Crippen molar-refractivity contribution in [3.05, 3.63) is 68.7 Å². The van der Waals surface area contributed by atoms with Crippen molar-refractivity contribution in [2.75, 3.05) is 46.4 Å². The summed E-state index contributed by atoms with van der Waals surface area (Å²) in [5, 5.41) is 11.8. The number of halogens is 1. The number of benzene rings is 2. The number of hydrogen-bond donors (Lipinski definition) is 0. The van der Waals surface area contributed by atoms with E-state index in [0.29, 0.717) is 44.4 Å². The van der Waals surface area contributed by atoms with Gasteiger partial charge in [-0.2, -0.15) is 0 Å². The number of nitro groups is 1. The van der Waals surface area contributed by atoms with Gasteiger partial charge in [0.15, 0.2) is 0 Å². The van der Waals surface area contributed by atoms with Crippen molar-refractivity contribution in [1.82, 2.24) is 9.80 Å². The molecule has 1 amide bonds. The van der Waals surface area contributed by atoms with Crippen LogP contribution in [0.2, 0.25) is 5.02 Å². The zero-order chi connectivity index (χ0) is 22.4. The van der Waals surface area contributed by atoms with Crippen LogP contribution in [0.3, 0.4) is 0 Å². The van der Waals surface area contributed by atoms with E-state index in [1.807, 2.05) is 0 Å². The van der Waals surface area contributed by atoms with Gasteiger partial charge in [0.2, 0.25) is 0 Å². The van der Waals surface area contributed by atoms with E-state index in [2.05, 4.69) is 9.64 Å². The fourth-order valence-electron chi connectivity index (χ4n) is 3.26. The van der Waals surface area contributed by atoms with Gasteiger partial charge in [0.05, 0.1) is 17.6 Å². The molecule has 0 aromatic heterocycles. The number of non-ortho nitro benzene ring substituents is 1. The Morgan fingerprint density at radius 1 is 1.06 bits per heavy atom. The summed E-state index contributed by atoms with van der Waals surface area (Å²) in [6.45, 7) is 3.44. The molecule has 1 aliphatic rings. The summed E-state index contributed by atoms with van der Waals surface area (Å²) in [5.74, 6) is -0.348. The van der Waals surface area contributed by atoms with Crippen LogP contribution in [0.1, 0.15) is 20.7 Å². The standard InChI is InChI=1S/C21H22ClN3O6/c1-30-21(27)16-12-15(13-18(14-16)25(28)29)20(26)24-8-6-23(7-9-24)10-11-31-19-4-2-17(22)3-5-19/h2-5,12-14H,6-11H2,1H3. The lowest BCUT2D eigenvalue weighted by Gasteiger charge is -2.34. The van der Waals surface area contributed by atoms with Crippen LogP contribution in [0.15, 0.2) is 42.5 Å². The minimum atomic E-state index is -0.733. The maximum Gasteiger partial charge on any atom is 0.338 e. The predicted molar refractivity (Wildman–Crippen MR) is 114 cm³/mol. The summed E-state index contributed by atoms with van der Waals surface area (Å²) in [4.78, 5) is 39.0. The molecule has 0 N–H and O–H groups in total. The molecule has 2 aromatic carbocycles. The number of carbonyl (C=O) groups excluding carboxylic acids is 2. The first kappa shape index (κ1) is 22.5. The van der Waals surface area contributed by atoms with Crippen LogP contribution >= 0.6 is 11.6 Å². The number of amides is 1. The van der Waals surface area contributed by atoms with Gasteiger partial charge in [-0.1, -0.05) is 11.6 Å². The van der Waals surface area contributed by atoms with Gasteiger partial charge in [0.25, 0.3) is 11.6 Å². The lowest BCUT2D eigenvalue weighted by molar-refractivity contribution is -0.384. The van der Waals surface area contributed by atoms with Crippen LogP contribution in [0.4, 0.5) is 5.69 Å². The van der Waals surface area contributed by atoms with Crippen LogP contribution in [0, 0.1) is 10.1 Å². The molecule has 2 aromatic rings. The number of nitrogens with zero attached hydrogens (tertiary/aromatic N) is 3. The summed E-state index contributed by atoms with van der Waals surface area (Å²) in [7, 11) is 1.18. The highest BCUT2D eigenvalue weighted by Gasteiger charge is 2.25. The molecule has 0 saturated carbocycles. The molecule has 0 unspecified atom stereocenters. The van der Waals surface area contributed by atoms with Crippen LogP contribution in [0.25, 0.3) is 0 Å². The Kier molecular flexibility index (Phi) is 7.43. The minimum Gasteiger partial charge on any atom is -0.492 e. The van der Waals surface area contributed by atoms with E-state index in [0.717, 1.165) is 11.8 Å². The molecule has 10 heteroatoms. The topological polar surface area (TPSA) is 102 Å². The third-order valence-corrected chi connectivity index (χ3v) is 5.20. The van der Waals surface area contributed by atoms with E-state index in [1.165, 1.54) is 19.2 Å². The maximum absolute atomic E-state index is 12.9. The largest absolute Gasteiger partial charge is 0.492 e. The van der Waals surface area contributed by atoms with Gasteiger partial charge in [-0.25, -0.2) is 4.79 Å². The van der Waals surface area contributed by atoms with E-state index >= 15 is 0 Å². The van der Waals surface area contributed by atoms with Crippen LogP contribution in [0.5, 0.6) is 5.75 Å². The molecule has 1 saturated heterocycles. The van der Waals surface area contributed by atoms with Gasteiger partial charge in [0, 0.05) is 55.4 Å². The Morgan fingerprint density at radius 3 is 2.32 bits per heavy atom. The number of ether oxygens (including phenoxy) is 2. The molecule has 164 valence electrons. The smallest absolute Gasteiger partial charge is 0.338 e. The molecule has 3 rings (SSSR count). The second-order valence-corrected chi connectivity index (χ2v) is 7.39. The molecule has 1 aliphatic heterocycles. The quantitative estimate of drug-likeness (QED) is 0.365. The van der Waals surface area contributed by atoms with Crippen molar-refractivity contribution in [3.8, 4) is 5.75 Å². The van der Waals surface area contributed by atoms with Gasteiger partial charge >= 0.3 is 5.97 Å². The molecular weight excluding hydrogens is 426 g/mol. The number of methoxy groups -OCH3 is 1. The lowest BCUT2D eigenvalue weighted by atomic mass is 10.1. The molecule has 0 radical (unpaired) electrons. The minimum absolute atomic E-state index is 0.0296. The number of esters is 1. The van der Waals surface area contributed by atoms with E-state index in [1.54, 1.807) is 29.2 Å². The van der Waals surface area contributed by atoms with Gasteiger partial charge in [-0.15, -0.1) is 0 Å². The molecule has 31 heavy (non-hydrogen) atoms. The fourth-order valence-corrected chi connectivity index (χ4v) is 3.38. The molecule has 0 spiro atoms. The monoisotopic (exact) mass is 447 g/mol. The number of hydrogen-bond acceptors (Lipinski definition) is 7. The third-order valence-electron chi connectivity index (χ3n) is 4.95. The first-order chi connectivity index (χ1) is 14.9. The van der Waals surface area contributed by atoms with Crippen LogP contribution < -0.4 is 4.74 Å². The highest BCUT2D eigenvalue weighted by Crippen LogP contribution is 2.20. The molecule has 9 nitrogen and oxygen atoms in total. The highest BCUT2D eigenvalue weighted by atomic mass is 35.5. The van der Waals surface area contributed by atoms with E-state index in [-0.39, 0.29) is 22.7 Å². The van der Waals surface area contributed by atoms with Crippen molar-refractivity contribution in [2.45, 2.75) is 0 Å². The zero-order valence-corrected chi connectivity index (χ0v) is 17.7. The van der Waals surface area contributed by atoms with Crippen LogP contribution in [-0.2, 0) is 4.74 Å². The van der Waals surface area contributed by atoms with Crippen molar-refractivity contribution in [1.29, 1.82) is 0 Å². The van der Waals surface area contributed by atoms with Gasteiger partial charge in [0.1, 0.15) is 12.4 Å². The Labute approximate surface area is 184 Å². The Bertz CT molecular complexity index is 958. The summed E-state index contributed by atoms with van der Waals surface area (Å²) >= 11 is 5.85. The second-order valence-electron chi connectivity index (χ2n) is 6.95. The van der Waals surface area contributed by atoms with Crippen molar-refractivity contribution >= 4 is 29.2 Å². The van der Waals surface area contributed by atoms with Crippen molar-refractivity contribution < 1.29 is 24.0 Å². The average molecular weight is 448 g/mol. The summed E-state index contributed by atoms with van der Waals surface area (Å²) in [6.07, 6.45) is 0. The zero-order valence-electron chi connectivity index (χ0n) is 17.0. The average Bonchev–Trinajstić information content (AvgIpc) is 2.79. The molecule has 0 aliphatic carbocycles. The first-order valence-corrected chi connectivity index (χ1v) is 10.0. The second kappa shape index (κ2) is 10.2. The van der Waals surface area contributed by atoms with Gasteiger partial charge < -0.3 is 14.4 Å². The Hall–Kier alpha value is -3.17. The molecule has 1 fully saturated rings. The maximum atomic E-state index is 12.9. The fraction of sp³-hybridized carbons (Fsp3) is 0.333. The molecular formula is C21H22ClN3O6. The molecule has 1 heterocycles. The summed E-state index contributed by atoms with van der Waals surface area (Å²) < 4.78 is 10.3. The number of nitro benzene ring substituents is 1. The normalized spacial score (nSPS) is 14.2. The lowest BCUT2D eigenvalue weighted by Crippen LogP contribution is -2.49. The molecule has 0 bridgehead atoms. The Morgan fingerprint density at radius 2 is 1.71 bits per heavy atom. The SMILES string of the molecule is COC(=O)c1cc(C(=O)N2CCN(CCOc3ccc(Cl)cc3)CC2)cc([N+](=O)[O-])c1. The Balaban J connectivity index is 1.56. The number of piperazine rings is 1. The van der Waals surface area contributed by atoms with E-state index in [4.69, 9.17) is 16.3 Å². The van der Waals surface area contributed by atoms with E-state index in [9.17, 15) is 19.7 Å². The van der Waals surface area contributed by atoms with Crippen molar-refractivity contribution in [3.63, 3.8) is 0 Å². The van der Waals surface area contributed by atoms with Crippen LogP contribution in [-0.4, -0.2) is 73.0 Å². The van der Waals surface area contributed by atoms with Gasteiger partial charge in [-0.3, -0.25) is 19.8 Å². The summed E-state index contributed by atoms with van der Waals surface area (Å²) in [6, 6.07) is 10.7. The number of carbonyl (C=O) groups is 2. The van der Waals surface area contributed by atoms with Gasteiger partial charge in [-0.05, 0) is 30.3 Å². The van der Waals surface area contributed by atoms with E-state index < -0.39 is 10.9 Å². The first-order valence-electron chi connectivity index (χ1n) is 9.65.